The minimum atomic E-state index is -0.140. The van der Waals surface area contributed by atoms with E-state index in [-0.39, 0.29) is 11.6 Å². The summed E-state index contributed by atoms with van der Waals surface area (Å²) >= 11 is 11.9. The molecule has 2 aromatic carbocycles. The zero-order chi connectivity index (χ0) is 22.7. The fraction of sp³-hybridized carbons (Fsp3) is 0.333. The van der Waals surface area contributed by atoms with Gasteiger partial charge in [-0.15, -0.1) is 0 Å². The quantitative estimate of drug-likeness (QED) is 0.473. The number of hydrogen-bond acceptors (Lipinski definition) is 4. The average molecular weight is 472 g/mol. The van der Waals surface area contributed by atoms with Crippen LogP contribution >= 0.6 is 23.8 Å². The first kappa shape index (κ1) is 22.4. The second-order valence-corrected chi connectivity index (χ2v) is 8.75. The van der Waals surface area contributed by atoms with Gasteiger partial charge in [0.1, 0.15) is 0 Å². The van der Waals surface area contributed by atoms with Crippen molar-refractivity contribution < 1.29 is 9.47 Å². The molecule has 0 bridgehead atoms. The molecule has 8 heteroatoms. The van der Waals surface area contributed by atoms with Crippen molar-refractivity contribution in [2.75, 3.05) is 19.5 Å². The molecule has 0 saturated heterocycles. The lowest BCUT2D eigenvalue weighted by atomic mass is 10.1. The Morgan fingerprint density at radius 2 is 1.88 bits per heavy atom. The first-order chi connectivity index (χ1) is 15.5. The van der Waals surface area contributed by atoms with E-state index >= 15 is 0 Å². The molecule has 2 N–H and O–H groups in total. The highest BCUT2D eigenvalue weighted by molar-refractivity contribution is 7.80. The number of ether oxygens (including phenoxy) is 2. The number of aromatic amines is 1. The third-order valence-corrected chi connectivity index (χ3v) is 6.44. The number of H-pyrrole nitrogens is 1. The fourth-order valence-corrected chi connectivity index (χ4v) is 4.75. The minimum Gasteiger partial charge on any atom is -0.493 e. The molecular formula is C24H26ClN3O3S. The van der Waals surface area contributed by atoms with Crippen LogP contribution in [-0.2, 0) is 6.54 Å². The Hall–Kier alpha value is -2.77. The summed E-state index contributed by atoms with van der Waals surface area (Å²) in [6, 6.07) is 13.3. The molecule has 1 aromatic heterocycles. The van der Waals surface area contributed by atoms with Gasteiger partial charge in [-0.3, -0.25) is 4.79 Å². The van der Waals surface area contributed by atoms with E-state index in [1.165, 1.54) is 0 Å². The third kappa shape index (κ3) is 4.84. The molecule has 4 rings (SSSR count). The maximum Gasteiger partial charge on any atom is 0.253 e. The second kappa shape index (κ2) is 9.79. The van der Waals surface area contributed by atoms with Gasteiger partial charge >= 0.3 is 0 Å². The Balaban J connectivity index is 1.66. The van der Waals surface area contributed by atoms with E-state index in [0.29, 0.717) is 39.3 Å². The number of rotatable bonds is 6. The summed E-state index contributed by atoms with van der Waals surface area (Å²) in [5, 5.41) is 5.39. The number of methoxy groups -OCH3 is 2. The Labute approximate surface area is 197 Å². The lowest BCUT2D eigenvalue weighted by Crippen LogP contribution is -2.42. The van der Waals surface area contributed by atoms with E-state index in [4.69, 9.17) is 33.3 Å². The van der Waals surface area contributed by atoms with Crippen LogP contribution in [0.1, 0.15) is 31.2 Å². The number of nitrogens with zero attached hydrogens (tertiary/aromatic N) is 1. The first-order valence-corrected chi connectivity index (χ1v) is 11.4. The monoisotopic (exact) mass is 471 g/mol. The van der Waals surface area contributed by atoms with Crippen molar-refractivity contribution in [1.82, 2.24) is 9.88 Å². The van der Waals surface area contributed by atoms with E-state index in [0.717, 1.165) is 36.8 Å². The number of halogens is 1. The number of fused-ring (bicyclic) bond motifs is 1. The molecule has 0 radical (unpaired) electrons. The predicted molar refractivity (Wildman–Crippen MR) is 133 cm³/mol. The van der Waals surface area contributed by atoms with Gasteiger partial charge < -0.3 is 24.7 Å². The zero-order valence-electron chi connectivity index (χ0n) is 18.1. The fourth-order valence-electron chi connectivity index (χ4n) is 4.22. The zero-order valence-corrected chi connectivity index (χ0v) is 19.7. The van der Waals surface area contributed by atoms with Gasteiger partial charge in [-0.25, -0.2) is 0 Å². The van der Waals surface area contributed by atoms with E-state index < -0.39 is 0 Å². The van der Waals surface area contributed by atoms with Gasteiger partial charge in [0.2, 0.25) is 0 Å². The van der Waals surface area contributed by atoms with Crippen molar-refractivity contribution in [1.29, 1.82) is 0 Å². The van der Waals surface area contributed by atoms with Gasteiger partial charge in [-0.2, -0.15) is 0 Å². The molecule has 1 aliphatic carbocycles. The van der Waals surface area contributed by atoms with E-state index in [1.807, 2.05) is 36.4 Å². The van der Waals surface area contributed by atoms with Crippen LogP contribution in [0, 0.1) is 0 Å². The Bertz CT molecular complexity index is 1190. The molecule has 1 saturated carbocycles. The molecule has 0 spiro atoms. The van der Waals surface area contributed by atoms with Crippen molar-refractivity contribution in [3.8, 4) is 11.5 Å². The molecule has 3 aromatic rings. The van der Waals surface area contributed by atoms with Crippen molar-refractivity contribution in [2.24, 2.45) is 0 Å². The molecule has 1 aliphatic rings. The number of hydrogen-bond donors (Lipinski definition) is 2. The molecule has 0 aliphatic heterocycles. The molecule has 0 atom stereocenters. The summed E-state index contributed by atoms with van der Waals surface area (Å²) in [5.41, 5.74) is 2.03. The number of pyridine rings is 1. The number of nitrogens with one attached hydrogen (secondary N) is 2. The highest BCUT2D eigenvalue weighted by atomic mass is 35.5. The van der Waals surface area contributed by atoms with Crippen LogP contribution < -0.4 is 20.3 Å². The molecule has 0 unspecified atom stereocenters. The van der Waals surface area contributed by atoms with Crippen molar-refractivity contribution in [3.05, 3.63) is 63.4 Å². The topological polar surface area (TPSA) is 66.6 Å². The number of benzene rings is 2. The molecule has 0 amide bonds. The molecule has 32 heavy (non-hydrogen) atoms. The van der Waals surface area contributed by atoms with Crippen molar-refractivity contribution >= 4 is 45.5 Å². The lowest BCUT2D eigenvalue weighted by molar-refractivity contribution is 0.311. The van der Waals surface area contributed by atoms with Crippen LogP contribution in [0.25, 0.3) is 10.9 Å². The number of thiocarbonyl (C=S) groups is 1. The summed E-state index contributed by atoms with van der Waals surface area (Å²) in [5.74, 6) is 1.19. The SMILES string of the molecule is COc1cc2cc(CN(C(=S)Nc3cccc(Cl)c3)C3CCCC3)c(=O)[nH]c2cc1OC. The third-order valence-electron chi connectivity index (χ3n) is 5.87. The predicted octanol–water partition coefficient (Wildman–Crippen LogP) is 5.34. The van der Waals surface area contributed by atoms with E-state index in [9.17, 15) is 4.79 Å². The van der Waals surface area contributed by atoms with Crippen LogP contribution in [0.5, 0.6) is 11.5 Å². The maximum absolute atomic E-state index is 12.9. The summed E-state index contributed by atoms with van der Waals surface area (Å²) < 4.78 is 10.8. The molecule has 1 heterocycles. The second-order valence-electron chi connectivity index (χ2n) is 7.92. The van der Waals surface area contributed by atoms with Crippen LogP contribution in [-0.4, -0.2) is 35.3 Å². The molecule has 168 valence electrons. The van der Waals surface area contributed by atoms with Gasteiger partial charge in [-0.05, 0) is 55.4 Å². The summed E-state index contributed by atoms with van der Waals surface area (Å²) in [4.78, 5) is 18.0. The Morgan fingerprint density at radius 1 is 1.16 bits per heavy atom. The van der Waals surface area contributed by atoms with Crippen LogP contribution in [0.4, 0.5) is 5.69 Å². The van der Waals surface area contributed by atoms with Gasteiger partial charge in [-0.1, -0.05) is 30.5 Å². The van der Waals surface area contributed by atoms with Gasteiger partial charge in [0.15, 0.2) is 16.6 Å². The van der Waals surface area contributed by atoms with Crippen molar-refractivity contribution in [2.45, 2.75) is 38.3 Å². The largest absolute Gasteiger partial charge is 0.493 e. The van der Waals surface area contributed by atoms with Gasteiger partial charge in [0, 0.05) is 33.8 Å². The summed E-state index contributed by atoms with van der Waals surface area (Å²) in [6.45, 7) is 0.413. The molecular weight excluding hydrogens is 446 g/mol. The highest BCUT2D eigenvalue weighted by Gasteiger charge is 2.26. The molecule has 1 fully saturated rings. The highest BCUT2D eigenvalue weighted by Crippen LogP contribution is 2.32. The Morgan fingerprint density at radius 3 is 2.56 bits per heavy atom. The smallest absolute Gasteiger partial charge is 0.253 e. The summed E-state index contributed by atoms with van der Waals surface area (Å²) in [6.07, 6.45) is 4.42. The number of aromatic nitrogens is 1. The lowest BCUT2D eigenvalue weighted by Gasteiger charge is -2.31. The van der Waals surface area contributed by atoms with Crippen LogP contribution in [0.2, 0.25) is 5.02 Å². The first-order valence-electron chi connectivity index (χ1n) is 10.6. The van der Waals surface area contributed by atoms with E-state index in [2.05, 4.69) is 15.2 Å². The van der Waals surface area contributed by atoms with Gasteiger partial charge in [0.25, 0.3) is 5.56 Å². The minimum absolute atomic E-state index is 0.140. The normalized spacial score (nSPS) is 13.8. The van der Waals surface area contributed by atoms with Gasteiger partial charge in [0.05, 0.1) is 26.3 Å². The standard InChI is InChI=1S/C24H26ClN3O3S/c1-30-21-11-15-10-16(23(29)27-20(15)13-22(21)31-2)14-28(19-8-3-4-9-19)24(32)26-18-7-5-6-17(25)12-18/h5-7,10-13,19H,3-4,8-9,14H2,1-2H3,(H,26,32)(H,27,29). The summed E-state index contributed by atoms with van der Waals surface area (Å²) in [7, 11) is 3.17. The average Bonchev–Trinajstić information content (AvgIpc) is 3.31. The molecule has 6 nitrogen and oxygen atoms in total. The van der Waals surface area contributed by atoms with E-state index in [1.54, 1.807) is 20.3 Å². The van der Waals surface area contributed by atoms with Crippen molar-refractivity contribution in [3.63, 3.8) is 0 Å². The number of anilines is 1. The van der Waals surface area contributed by atoms with Crippen LogP contribution in [0.3, 0.4) is 0 Å². The Kier molecular flexibility index (Phi) is 6.86. The maximum atomic E-state index is 12.9. The van der Waals surface area contributed by atoms with Crippen LogP contribution in [0.15, 0.2) is 47.3 Å².